The predicted molar refractivity (Wildman–Crippen MR) is 202 cm³/mol. The first-order valence-corrected chi connectivity index (χ1v) is 20.0. The Bertz CT molecular complexity index is 2330. The number of nitrogens with two attached hydrogens (primary N) is 4. The molecule has 0 aliphatic heterocycles. The molecular formula is C38H42N8O4S2. The maximum Gasteiger partial charge on any atom is 0.223 e. The van der Waals surface area contributed by atoms with E-state index in [1.807, 2.05) is 38.1 Å². The van der Waals surface area contributed by atoms with E-state index >= 15 is 0 Å². The first-order valence-electron chi connectivity index (χ1n) is 17.8. The molecule has 0 heterocycles. The van der Waals surface area contributed by atoms with Crippen LogP contribution in [-0.4, -0.2) is 16.8 Å². The summed E-state index contributed by atoms with van der Waals surface area (Å²) in [5, 5.41) is 20.2. The van der Waals surface area contributed by atoms with Gasteiger partial charge in [0.2, 0.25) is 22.9 Å². The third-order valence-corrected chi connectivity index (χ3v) is 13.5. The van der Waals surface area contributed by atoms with Crippen molar-refractivity contribution >= 4 is 31.4 Å². The summed E-state index contributed by atoms with van der Waals surface area (Å²) in [6, 6.07) is 24.8. The van der Waals surface area contributed by atoms with Gasteiger partial charge in [-0.25, -0.2) is 38.2 Å². The maximum absolute atomic E-state index is 13.9. The molecule has 12 nitrogen and oxygen atoms in total. The summed E-state index contributed by atoms with van der Waals surface area (Å²) in [5.41, 5.74) is 25.6. The fourth-order valence-electron chi connectivity index (χ4n) is 8.06. The molecule has 10 N–H and O–H groups in total. The molecule has 6 rings (SSSR count). The number of benzene rings is 4. The monoisotopic (exact) mass is 738 g/mol. The molecule has 0 fully saturated rings. The van der Waals surface area contributed by atoms with Crippen LogP contribution in [0.5, 0.6) is 0 Å². The summed E-state index contributed by atoms with van der Waals surface area (Å²) in [6.07, 6.45) is 1.93. The highest BCUT2D eigenvalue weighted by Gasteiger charge is 2.52. The van der Waals surface area contributed by atoms with Gasteiger partial charge in [0.25, 0.3) is 0 Å². The Morgan fingerprint density at radius 3 is 1.37 bits per heavy atom. The molecule has 0 bridgehead atoms. The SMILES string of the molecule is [H]/N=N/C1=C(N)c2ccccc2C(c2ccc(-c3ccc(C4(S(N)(=O)=O)CC(/N=N/[H])=C(N)c5ccccc54)c(CCC)c3)cc2CCC)(S(N)(=O)=O)C1. The zero-order chi connectivity index (χ0) is 39.1. The number of nitrogens with one attached hydrogen (secondary N) is 2. The number of hydrogen-bond donors (Lipinski definition) is 6. The minimum Gasteiger partial charge on any atom is -0.397 e. The van der Waals surface area contributed by atoms with Gasteiger partial charge >= 0.3 is 0 Å². The number of primary sulfonamides is 2. The van der Waals surface area contributed by atoms with Crippen molar-refractivity contribution in [2.75, 3.05) is 0 Å². The molecule has 0 saturated heterocycles. The first-order chi connectivity index (χ1) is 25.7. The van der Waals surface area contributed by atoms with Crippen molar-refractivity contribution in [3.05, 3.63) is 141 Å². The van der Waals surface area contributed by atoms with Crippen LogP contribution in [0.3, 0.4) is 0 Å². The van der Waals surface area contributed by atoms with Crippen LogP contribution in [0.15, 0.2) is 107 Å². The average molecular weight is 739 g/mol. The van der Waals surface area contributed by atoms with Crippen LogP contribution in [0, 0.1) is 11.0 Å². The number of allylic oxidation sites excluding steroid dienone is 2. The number of hydrogen-bond acceptors (Lipinski definition) is 10. The Labute approximate surface area is 307 Å². The molecule has 0 spiro atoms. The van der Waals surface area contributed by atoms with Gasteiger partial charge in [-0.05, 0) is 57.3 Å². The van der Waals surface area contributed by atoms with Crippen LogP contribution < -0.4 is 21.7 Å². The lowest BCUT2D eigenvalue weighted by atomic mass is 9.75. The molecule has 0 radical (unpaired) electrons. The van der Waals surface area contributed by atoms with E-state index < -0.39 is 29.5 Å². The fourth-order valence-corrected chi connectivity index (χ4v) is 10.7. The molecule has 0 aromatic heterocycles. The molecule has 52 heavy (non-hydrogen) atoms. The Morgan fingerprint density at radius 1 is 0.635 bits per heavy atom. The lowest BCUT2D eigenvalue weighted by Gasteiger charge is -2.39. The zero-order valence-corrected chi connectivity index (χ0v) is 30.5. The number of fused-ring (bicyclic) bond motifs is 2. The van der Waals surface area contributed by atoms with Crippen LogP contribution >= 0.6 is 0 Å². The van der Waals surface area contributed by atoms with Crippen LogP contribution in [-0.2, 0) is 42.4 Å². The molecular weight excluding hydrogens is 697 g/mol. The van der Waals surface area contributed by atoms with E-state index in [2.05, 4.69) is 21.3 Å². The normalized spacial score (nSPS) is 21.3. The summed E-state index contributed by atoms with van der Waals surface area (Å²) in [5.74, 6) is 0. The van der Waals surface area contributed by atoms with E-state index in [1.165, 1.54) is 0 Å². The number of rotatable bonds is 11. The summed E-state index contributed by atoms with van der Waals surface area (Å²) < 4.78 is 67.0. The molecule has 2 aliphatic carbocycles. The van der Waals surface area contributed by atoms with Gasteiger partial charge < -0.3 is 11.5 Å². The molecule has 2 aliphatic rings. The highest BCUT2D eigenvalue weighted by Crippen LogP contribution is 2.52. The minimum absolute atomic E-state index is 0.140. The van der Waals surface area contributed by atoms with Crippen molar-refractivity contribution < 1.29 is 19.7 Å². The van der Waals surface area contributed by atoms with Gasteiger partial charge in [0, 0.05) is 24.0 Å². The third-order valence-electron chi connectivity index (χ3n) is 10.4. The number of sulfonamides is 2. The average Bonchev–Trinajstić information content (AvgIpc) is 3.14. The Kier molecular flexibility index (Phi) is 8.86. The van der Waals surface area contributed by atoms with Crippen LogP contribution in [0.2, 0.25) is 2.82 Å². The van der Waals surface area contributed by atoms with Crippen molar-refractivity contribution in [3.8, 4) is 11.1 Å². The van der Waals surface area contributed by atoms with Gasteiger partial charge in [0.05, 0.1) is 22.8 Å². The fraction of sp³-hybridized carbons (Fsp3) is 0.263. The molecule has 14 heteroatoms. The Hall–Kier alpha value is -5.02. The summed E-state index contributed by atoms with van der Waals surface area (Å²) in [7, 11) is -8.79. The molecule has 0 saturated carbocycles. The molecule has 0 amide bonds. The van der Waals surface area contributed by atoms with E-state index in [9.17, 15) is 16.8 Å². The van der Waals surface area contributed by atoms with Gasteiger partial charge in [0.15, 0.2) is 0 Å². The zero-order valence-electron chi connectivity index (χ0n) is 30.9. The van der Waals surface area contributed by atoms with Gasteiger partial charge in [0.1, 0.15) is 9.49 Å². The van der Waals surface area contributed by atoms with E-state index in [-0.39, 0.29) is 35.6 Å². The number of aryl methyl sites for hydroxylation is 2. The van der Waals surface area contributed by atoms with Crippen molar-refractivity contribution in [3.63, 3.8) is 0 Å². The van der Waals surface area contributed by atoms with Crippen molar-refractivity contribution in [2.45, 2.75) is 61.9 Å². The standard InChI is InChI=1S/C38H42N8O4S2/c1-3-9-25-19-23(15-17-29(25)37(51(43,47)48)21-33(45-41)35(39)27-11-5-7-13-31(27)37)24-16-18-30(26(20-24)10-4-2)38(52(44,49)50)22-34(46-42)36(40)28-12-6-8-14-32(28)38/h5-8,11-20,41-42H,3-4,9-10,21-22,39-40H2,1-2H3,(H2,43,47,48)(H2,44,49,50)/b45-41+,46-42+. The van der Waals surface area contributed by atoms with E-state index in [0.717, 1.165) is 22.3 Å². The van der Waals surface area contributed by atoms with Gasteiger partial charge in [-0.1, -0.05) is 112 Å². The Morgan fingerprint density at radius 2 is 1.02 bits per heavy atom. The van der Waals surface area contributed by atoms with E-state index in [4.69, 9.17) is 24.6 Å². The van der Waals surface area contributed by atoms with E-state index in [1.54, 1.807) is 60.7 Å². The predicted octanol–water partition coefficient (Wildman–Crippen LogP) is 6.45. The first kappa shape index (κ1) is 34.1. The van der Waals surface area contributed by atoms with Crippen LogP contribution in [0.25, 0.3) is 22.5 Å². The second-order valence-electron chi connectivity index (χ2n) is 13.4. The van der Waals surface area contributed by atoms with Crippen molar-refractivity contribution in [1.29, 1.82) is 11.0 Å². The smallest absolute Gasteiger partial charge is 0.223 e. The summed E-state index contributed by atoms with van der Waals surface area (Å²) in [4.78, 5) is 0. The van der Waals surface area contributed by atoms with Crippen LogP contribution in [0.1, 0.15) is 84.0 Å². The minimum atomic E-state index is -4.40. The second-order valence-corrected chi connectivity index (χ2v) is 16.9. The third kappa shape index (κ3) is 5.57. The largest absolute Gasteiger partial charge is 0.397 e. The topological polar surface area (TPSA) is 245 Å². The molecule has 4 aromatic carbocycles. The number of nitrogens with zero attached hydrogens (tertiary/aromatic N) is 2. The van der Waals surface area contributed by atoms with E-state index in [0.29, 0.717) is 59.1 Å². The van der Waals surface area contributed by atoms with Gasteiger partial charge in [-0.3, -0.25) is 0 Å². The molecule has 2 unspecified atom stereocenters. The molecule has 4 aromatic rings. The second kappa shape index (κ2) is 13.5. The molecule has 2 atom stereocenters. The van der Waals surface area contributed by atoms with Gasteiger partial charge in [-0.2, -0.15) is 10.2 Å². The highest BCUT2D eigenvalue weighted by atomic mass is 32.2. The van der Waals surface area contributed by atoms with Crippen molar-refractivity contribution in [2.24, 2.45) is 32.0 Å². The summed E-state index contributed by atoms with van der Waals surface area (Å²) >= 11 is 0. The van der Waals surface area contributed by atoms with Gasteiger partial charge in [-0.15, -0.1) is 0 Å². The highest BCUT2D eigenvalue weighted by molar-refractivity contribution is 7.90. The van der Waals surface area contributed by atoms with Crippen LogP contribution in [0.4, 0.5) is 0 Å². The lowest BCUT2D eigenvalue weighted by Crippen LogP contribution is -2.45. The maximum atomic E-state index is 13.9. The Balaban J connectivity index is 1.58. The quantitative estimate of drug-likeness (QED) is 0.0944. The van der Waals surface area contributed by atoms with Crippen molar-refractivity contribution in [1.82, 2.24) is 0 Å². The lowest BCUT2D eigenvalue weighted by molar-refractivity contribution is 0.542. The summed E-state index contributed by atoms with van der Waals surface area (Å²) in [6.45, 7) is 3.98. The molecule has 270 valence electrons.